The van der Waals surface area contributed by atoms with Crippen molar-refractivity contribution >= 4 is 27.5 Å². The van der Waals surface area contributed by atoms with Gasteiger partial charge in [0.2, 0.25) is 0 Å². The molecule has 1 aliphatic heterocycles. The zero-order valence-electron chi connectivity index (χ0n) is 19.4. The summed E-state index contributed by atoms with van der Waals surface area (Å²) in [6.45, 7) is 3.02. The maximum absolute atomic E-state index is 13.1. The maximum atomic E-state index is 13.1. The quantitative estimate of drug-likeness (QED) is 0.436. The molecule has 0 unspecified atom stereocenters. The van der Waals surface area contributed by atoms with Crippen molar-refractivity contribution in [2.75, 3.05) is 27.4 Å². The smallest absolute Gasteiger partial charge is 0.261 e. The molecule has 176 valence electrons. The van der Waals surface area contributed by atoms with Gasteiger partial charge >= 0.3 is 0 Å². The van der Waals surface area contributed by atoms with Crippen LogP contribution in [0.2, 0.25) is 0 Å². The molecule has 5 rings (SSSR count). The lowest BCUT2D eigenvalue weighted by molar-refractivity contribution is 0.0944. The van der Waals surface area contributed by atoms with E-state index in [1.165, 1.54) is 11.3 Å². The van der Waals surface area contributed by atoms with Crippen LogP contribution in [-0.2, 0) is 7.05 Å². The summed E-state index contributed by atoms with van der Waals surface area (Å²) in [7, 11) is 5.08. The molecule has 1 amide bonds. The number of carbonyl (C=O) groups is 1. The number of aryl methyl sites for hydroxylation is 1. The van der Waals surface area contributed by atoms with Crippen molar-refractivity contribution in [2.24, 2.45) is 7.05 Å². The van der Waals surface area contributed by atoms with Gasteiger partial charge in [0, 0.05) is 18.0 Å². The highest BCUT2D eigenvalue weighted by Gasteiger charge is 2.21. The Labute approximate surface area is 201 Å². The van der Waals surface area contributed by atoms with E-state index in [9.17, 15) is 4.79 Å². The highest BCUT2D eigenvalue weighted by molar-refractivity contribution is 7.20. The first kappa shape index (κ1) is 22.1. The average molecular weight is 480 g/mol. The number of rotatable bonds is 6. The van der Waals surface area contributed by atoms with Gasteiger partial charge in [-0.15, -0.1) is 11.3 Å². The predicted molar refractivity (Wildman–Crippen MR) is 130 cm³/mol. The van der Waals surface area contributed by atoms with Gasteiger partial charge in [-0.2, -0.15) is 5.10 Å². The van der Waals surface area contributed by atoms with Gasteiger partial charge in [-0.3, -0.25) is 9.48 Å². The molecule has 0 spiro atoms. The second-order valence-corrected chi connectivity index (χ2v) is 9.00. The fourth-order valence-electron chi connectivity index (χ4n) is 4.03. The molecule has 8 nitrogen and oxygen atoms in total. The Morgan fingerprint density at radius 3 is 2.59 bits per heavy atom. The van der Waals surface area contributed by atoms with E-state index in [0.717, 1.165) is 32.8 Å². The summed E-state index contributed by atoms with van der Waals surface area (Å²) in [6, 6.07) is 13.1. The summed E-state index contributed by atoms with van der Waals surface area (Å²) in [5.74, 6) is 2.57. The van der Waals surface area contributed by atoms with E-state index >= 15 is 0 Å². The number of hydrogen-bond acceptors (Lipinski definition) is 7. The summed E-state index contributed by atoms with van der Waals surface area (Å²) in [6.07, 6.45) is 0. The van der Waals surface area contributed by atoms with Gasteiger partial charge < -0.3 is 24.3 Å². The van der Waals surface area contributed by atoms with Crippen molar-refractivity contribution in [3.8, 4) is 34.3 Å². The molecular weight excluding hydrogens is 454 g/mol. The number of benzene rings is 2. The van der Waals surface area contributed by atoms with Crippen molar-refractivity contribution in [1.82, 2.24) is 15.1 Å². The van der Waals surface area contributed by atoms with Gasteiger partial charge in [-0.25, -0.2) is 0 Å². The first-order valence-corrected chi connectivity index (χ1v) is 11.7. The number of aromatic nitrogens is 2. The van der Waals surface area contributed by atoms with Crippen LogP contribution in [0.3, 0.4) is 0 Å². The topological polar surface area (TPSA) is 83.8 Å². The molecule has 9 heteroatoms. The van der Waals surface area contributed by atoms with Crippen LogP contribution >= 0.6 is 11.3 Å². The van der Waals surface area contributed by atoms with Crippen LogP contribution in [0.15, 0.2) is 42.5 Å². The molecule has 0 fully saturated rings. The van der Waals surface area contributed by atoms with Crippen LogP contribution in [0.4, 0.5) is 0 Å². The molecule has 0 bridgehead atoms. The minimum absolute atomic E-state index is 0.137. The van der Waals surface area contributed by atoms with Gasteiger partial charge in [0.1, 0.15) is 23.7 Å². The number of nitrogens with zero attached hydrogens (tertiary/aromatic N) is 2. The summed E-state index contributed by atoms with van der Waals surface area (Å²) < 4.78 is 23.8. The second kappa shape index (κ2) is 8.90. The largest absolute Gasteiger partial charge is 0.493 e. The zero-order chi connectivity index (χ0) is 23.8. The van der Waals surface area contributed by atoms with Crippen molar-refractivity contribution in [3.05, 3.63) is 52.9 Å². The van der Waals surface area contributed by atoms with Crippen LogP contribution in [-0.4, -0.2) is 43.1 Å². The van der Waals surface area contributed by atoms with Gasteiger partial charge in [0.15, 0.2) is 23.0 Å². The number of nitrogens with one attached hydrogen (secondary N) is 1. The Morgan fingerprint density at radius 2 is 1.82 bits per heavy atom. The Bertz CT molecular complexity index is 1380. The summed E-state index contributed by atoms with van der Waals surface area (Å²) in [5.41, 5.74) is 2.62. The number of thiophene rings is 1. The summed E-state index contributed by atoms with van der Waals surface area (Å²) >= 11 is 1.41. The average Bonchev–Trinajstić information content (AvgIpc) is 3.44. The molecule has 0 radical (unpaired) electrons. The number of hydrogen-bond donors (Lipinski definition) is 1. The van der Waals surface area contributed by atoms with E-state index in [1.807, 2.05) is 56.4 Å². The van der Waals surface area contributed by atoms with Gasteiger partial charge in [-0.1, -0.05) is 6.07 Å². The van der Waals surface area contributed by atoms with Gasteiger partial charge in [-0.05, 0) is 48.9 Å². The van der Waals surface area contributed by atoms with E-state index < -0.39 is 0 Å². The Morgan fingerprint density at radius 1 is 1.06 bits per heavy atom. The summed E-state index contributed by atoms with van der Waals surface area (Å²) in [5, 5.41) is 8.68. The molecule has 34 heavy (non-hydrogen) atoms. The number of carbonyl (C=O) groups excluding carboxylic acids is 1. The standard InChI is InChI=1S/C25H25N3O5S/c1-14(15-5-8-19-21(11-15)33-10-9-32-19)26-24(29)22-13-17-23(27-28(2)25(17)34-22)16-6-7-18(30-3)20(12-16)31-4/h5-8,11-14H,9-10H2,1-4H3,(H,26,29)/t14-/m1/s1. The minimum Gasteiger partial charge on any atom is -0.493 e. The molecule has 0 aliphatic carbocycles. The normalized spacial score (nSPS) is 13.5. The molecule has 0 saturated carbocycles. The highest BCUT2D eigenvalue weighted by atomic mass is 32.1. The lowest BCUT2D eigenvalue weighted by Crippen LogP contribution is -2.26. The fraction of sp³-hybridized carbons (Fsp3) is 0.280. The fourth-order valence-corrected chi connectivity index (χ4v) is 5.00. The van der Waals surface area contributed by atoms with Crippen molar-refractivity contribution in [1.29, 1.82) is 0 Å². The molecule has 2 aromatic heterocycles. The van der Waals surface area contributed by atoms with E-state index in [0.29, 0.717) is 35.3 Å². The van der Waals surface area contributed by atoms with Gasteiger partial charge in [0.05, 0.1) is 25.1 Å². The molecular formula is C25H25N3O5S. The van der Waals surface area contributed by atoms with Crippen molar-refractivity contribution in [3.63, 3.8) is 0 Å². The van der Waals surface area contributed by atoms with E-state index in [-0.39, 0.29) is 11.9 Å². The summed E-state index contributed by atoms with van der Waals surface area (Å²) in [4.78, 5) is 14.6. The third-order valence-corrected chi connectivity index (χ3v) is 7.01. The molecule has 4 aromatic rings. The van der Waals surface area contributed by atoms with E-state index in [1.54, 1.807) is 18.9 Å². The number of fused-ring (bicyclic) bond motifs is 2. The lowest BCUT2D eigenvalue weighted by Gasteiger charge is -2.21. The van der Waals surface area contributed by atoms with Crippen molar-refractivity contribution < 1.29 is 23.7 Å². The Hall–Kier alpha value is -3.72. The third-order valence-electron chi connectivity index (χ3n) is 5.81. The minimum atomic E-state index is -0.197. The second-order valence-electron chi connectivity index (χ2n) is 7.97. The molecule has 2 aromatic carbocycles. The van der Waals surface area contributed by atoms with E-state index in [4.69, 9.17) is 18.9 Å². The number of ether oxygens (including phenoxy) is 4. The highest BCUT2D eigenvalue weighted by Crippen LogP contribution is 2.38. The van der Waals surface area contributed by atoms with Crippen LogP contribution in [0.25, 0.3) is 21.5 Å². The molecule has 1 atom stereocenters. The predicted octanol–water partition coefficient (Wildman–Crippen LogP) is 4.58. The number of methoxy groups -OCH3 is 2. The Balaban J connectivity index is 1.41. The number of amides is 1. The molecule has 3 heterocycles. The SMILES string of the molecule is COc1ccc(-c2nn(C)c3sc(C(=O)N[C@H](C)c4ccc5c(c4)OCCO5)cc23)cc1OC. The molecule has 0 saturated heterocycles. The maximum Gasteiger partial charge on any atom is 0.261 e. The van der Waals surface area contributed by atoms with Crippen LogP contribution in [0, 0.1) is 0 Å². The zero-order valence-corrected chi connectivity index (χ0v) is 20.2. The monoisotopic (exact) mass is 479 g/mol. The molecule has 1 N–H and O–H groups in total. The third kappa shape index (κ3) is 3.92. The van der Waals surface area contributed by atoms with Gasteiger partial charge in [0.25, 0.3) is 5.91 Å². The van der Waals surface area contributed by atoms with Crippen LogP contribution in [0.5, 0.6) is 23.0 Å². The lowest BCUT2D eigenvalue weighted by atomic mass is 10.1. The first-order valence-electron chi connectivity index (χ1n) is 10.9. The van der Waals surface area contributed by atoms with Crippen LogP contribution in [0.1, 0.15) is 28.2 Å². The van der Waals surface area contributed by atoms with Crippen LogP contribution < -0.4 is 24.3 Å². The molecule has 1 aliphatic rings. The van der Waals surface area contributed by atoms with E-state index in [2.05, 4.69) is 10.4 Å². The Kier molecular flexibility index (Phi) is 5.79. The van der Waals surface area contributed by atoms with Crippen molar-refractivity contribution in [2.45, 2.75) is 13.0 Å². The first-order chi connectivity index (χ1) is 16.5.